The van der Waals surface area contributed by atoms with Crippen LogP contribution in [0.15, 0.2) is 53.4 Å². The molecule has 2 aromatic carbocycles. The molecule has 0 spiro atoms. The molecule has 1 amide bonds. The molecule has 1 heterocycles. The summed E-state index contributed by atoms with van der Waals surface area (Å²) in [5.74, 6) is -0.248. The van der Waals surface area contributed by atoms with Crippen molar-refractivity contribution in [2.75, 3.05) is 32.8 Å². The Balaban J connectivity index is 1.65. The van der Waals surface area contributed by atoms with Crippen molar-refractivity contribution in [3.05, 3.63) is 64.7 Å². The van der Waals surface area contributed by atoms with Crippen LogP contribution in [0.3, 0.4) is 0 Å². The minimum Gasteiger partial charge on any atom is -0.379 e. The van der Waals surface area contributed by atoms with Crippen molar-refractivity contribution in [2.24, 2.45) is 0 Å². The van der Waals surface area contributed by atoms with Crippen molar-refractivity contribution in [3.8, 4) is 0 Å². The first kappa shape index (κ1) is 21.8. The lowest BCUT2D eigenvalue weighted by Crippen LogP contribution is -2.40. The molecule has 1 N–H and O–H groups in total. The van der Waals surface area contributed by atoms with E-state index in [0.717, 1.165) is 5.56 Å². The number of carbonyl (C=O) groups excluding carboxylic acids is 1. The molecule has 0 radical (unpaired) electrons. The first-order valence-electron chi connectivity index (χ1n) is 9.42. The molecule has 0 atom stereocenters. The average molecular weight is 437 g/mol. The summed E-state index contributed by atoms with van der Waals surface area (Å²) in [5.41, 5.74) is 1.20. The molecule has 2 aromatic rings. The monoisotopic (exact) mass is 436 g/mol. The molecule has 0 aromatic heterocycles. The lowest BCUT2D eigenvalue weighted by Gasteiger charge is -2.26. The maximum atomic E-state index is 12.7. The van der Waals surface area contributed by atoms with Gasteiger partial charge in [0.05, 0.1) is 18.1 Å². The zero-order chi connectivity index (χ0) is 21.1. The molecule has 0 aliphatic carbocycles. The van der Waals surface area contributed by atoms with Crippen LogP contribution in [-0.4, -0.2) is 51.5 Å². The van der Waals surface area contributed by atoms with E-state index in [1.807, 2.05) is 38.1 Å². The number of amides is 1. The Kier molecular flexibility index (Phi) is 6.63. The molecule has 6 nitrogen and oxygen atoms in total. The smallest absolute Gasteiger partial charge is 0.251 e. The third-order valence-corrected chi connectivity index (χ3v) is 7.21. The summed E-state index contributed by atoms with van der Waals surface area (Å²) in [7, 11) is -3.57. The molecule has 1 saturated heterocycles. The van der Waals surface area contributed by atoms with Crippen molar-refractivity contribution < 1.29 is 17.9 Å². The third-order valence-electron chi connectivity index (χ3n) is 5.04. The summed E-state index contributed by atoms with van der Waals surface area (Å²) in [6.07, 6.45) is 0. The van der Waals surface area contributed by atoms with Crippen LogP contribution in [0, 0.1) is 0 Å². The molecule has 156 valence electrons. The molecular weight excluding hydrogens is 412 g/mol. The van der Waals surface area contributed by atoms with E-state index in [0.29, 0.717) is 43.4 Å². The molecule has 1 aliphatic rings. The second kappa shape index (κ2) is 8.83. The highest BCUT2D eigenvalue weighted by Gasteiger charge is 2.26. The standard InChI is InChI=1S/C21H25ClN2O4S/c1-21(2,17-5-7-18(22)8-6-17)15-23-20(25)16-3-9-19(10-4-16)29(26,27)24-11-13-28-14-12-24/h3-10H,11-15H2,1-2H3,(H,23,25). The van der Waals surface area contributed by atoms with E-state index in [1.165, 1.54) is 28.6 Å². The van der Waals surface area contributed by atoms with Crippen LogP contribution in [-0.2, 0) is 20.2 Å². The van der Waals surface area contributed by atoms with E-state index in [1.54, 1.807) is 0 Å². The van der Waals surface area contributed by atoms with Gasteiger partial charge >= 0.3 is 0 Å². The lowest BCUT2D eigenvalue weighted by molar-refractivity contribution is 0.0730. The highest BCUT2D eigenvalue weighted by atomic mass is 35.5. The van der Waals surface area contributed by atoms with Gasteiger partial charge in [0.2, 0.25) is 10.0 Å². The fourth-order valence-corrected chi connectivity index (χ4v) is 4.65. The number of nitrogens with zero attached hydrogens (tertiary/aromatic N) is 1. The fourth-order valence-electron chi connectivity index (χ4n) is 3.12. The molecule has 0 bridgehead atoms. The van der Waals surface area contributed by atoms with E-state index >= 15 is 0 Å². The largest absolute Gasteiger partial charge is 0.379 e. The van der Waals surface area contributed by atoms with Gasteiger partial charge in [0, 0.05) is 35.6 Å². The van der Waals surface area contributed by atoms with Crippen LogP contribution >= 0.6 is 11.6 Å². The zero-order valence-corrected chi connectivity index (χ0v) is 18.1. The number of hydrogen-bond donors (Lipinski definition) is 1. The Hall–Kier alpha value is -1.93. The fraction of sp³-hybridized carbons (Fsp3) is 0.381. The SMILES string of the molecule is CC(C)(CNC(=O)c1ccc(S(=O)(=O)N2CCOCC2)cc1)c1ccc(Cl)cc1. The van der Waals surface area contributed by atoms with Crippen LogP contribution in [0.1, 0.15) is 29.8 Å². The van der Waals surface area contributed by atoms with Gasteiger partial charge in [0.15, 0.2) is 0 Å². The molecular formula is C21H25ClN2O4S. The number of sulfonamides is 1. The maximum absolute atomic E-state index is 12.7. The Morgan fingerprint density at radius 1 is 1.07 bits per heavy atom. The Morgan fingerprint density at radius 3 is 2.24 bits per heavy atom. The van der Waals surface area contributed by atoms with E-state index in [4.69, 9.17) is 16.3 Å². The predicted molar refractivity (Wildman–Crippen MR) is 113 cm³/mol. The number of ether oxygens (including phenoxy) is 1. The van der Waals surface area contributed by atoms with Gasteiger partial charge in [-0.1, -0.05) is 37.6 Å². The molecule has 8 heteroatoms. The summed E-state index contributed by atoms with van der Waals surface area (Å²) in [6.45, 7) is 5.96. The normalized spacial score (nSPS) is 15.8. The minimum atomic E-state index is -3.57. The van der Waals surface area contributed by atoms with E-state index in [-0.39, 0.29) is 16.2 Å². The van der Waals surface area contributed by atoms with Crippen molar-refractivity contribution >= 4 is 27.5 Å². The third kappa shape index (κ3) is 5.17. The van der Waals surface area contributed by atoms with Gasteiger partial charge in [-0.15, -0.1) is 0 Å². The van der Waals surface area contributed by atoms with Crippen molar-refractivity contribution in [1.29, 1.82) is 0 Å². The summed E-state index contributed by atoms with van der Waals surface area (Å²) in [4.78, 5) is 12.7. The van der Waals surface area contributed by atoms with E-state index in [2.05, 4.69) is 5.32 Å². The number of benzene rings is 2. The van der Waals surface area contributed by atoms with Crippen LogP contribution in [0.25, 0.3) is 0 Å². The number of morpholine rings is 1. The minimum absolute atomic E-state index is 0.178. The molecule has 0 unspecified atom stereocenters. The Morgan fingerprint density at radius 2 is 1.66 bits per heavy atom. The predicted octanol–water partition coefficient (Wildman–Crippen LogP) is 3.07. The second-order valence-corrected chi connectivity index (χ2v) is 9.99. The molecule has 1 fully saturated rings. The molecule has 29 heavy (non-hydrogen) atoms. The summed E-state index contributed by atoms with van der Waals surface area (Å²) >= 11 is 5.94. The molecule has 0 saturated carbocycles. The second-order valence-electron chi connectivity index (χ2n) is 7.61. The van der Waals surface area contributed by atoms with Crippen LogP contribution in [0.5, 0.6) is 0 Å². The van der Waals surface area contributed by atoms with Gasteiger partial charge in [-0.2, -0.15) is 4.31 Å². The zero-order valence-electron chi connectivity index (χ0n) is 16.5. The number of nitrogens with one attached hydrogen (secondary N) is 1. The van der Waals surface area contributed by atoms with Gasteiger partial charge in [-0.05, 0) is 42.0 Å². The summed E-state index contributed by atoms with van der Waals surface area (Å²) in [5, 5.41) is 3.59. The average Bonchev–Trinajstić information content (AvgIpc) is 2.73. The van der Waals surface area contributed by atoms with Gasteiger partial charge in [0.25, 0.3) is 5.91 Å². The number of halogens is 1. The van der Waals surface area contributed by atoms with Gasteiger partial charge < -0.3 is 10.1 Å². The van der Waals surface area contributed by atoms with E-state index < -0.39 is 10.0 Å². The van der Waals surface area contributed by atoms with Crippen molar-refractivity contribution in [2.45, 2.75) is 24.2 Å². The maximum Gasteiger partial charge on any atom is 0.251 e. The summed E-state index contributed by atoms with van der Waals surface area (Å²) in [6, 6.07) is 13.6. The molecule has 1 aliphatic heterocycles. The van der Waals surface area contributed by atoms with E-state index in [9.17, 15) is 13.2 Å². The number of carbonyl (C=O) groups is 1. The first-order valence-corrected chi connectivity index (χ1v) is 11.2. The number of hydrogen-bond acceptors (Lipinski definition) is 4. The topological polar surface area (TPSA) is 75.7 Å². The quantitative estimate of drug-likeness (QED) is 0.755. The van der Waals surface area contributed by atoms with Gasteiger partial charge in [-0.3, -0.25) is 4.79 Å². The first-order chi connectivity index (χ1) is 13.7. The van der Waals surface area contributed by atoms with Crippen molar-refractivity contribution in [1.82, 2.24) is 9.62 Å². The lowest BCUT2D eigenvalue weighted by atomic mass is 9.84. The highest BCUT2D eigenvalue weighted by Crippen LogP contribution is 2.24. The molecule has 3 rings (SSSR count). The van der Waals surface area contributed by atoms with Gasteiger partial charge in [0.1, 0.15) is 0 Å². The van der Waals surface area contributed by atoms with Crippen LogP contribution < -0.4 is 5.32 Å². The van der Waals surface area contributed by atoms with Gasteiger partial charge in [-0.25, -0.2) is 8.42 Å². The highest BCUT2D eigenvalue weighted by molar-refractivity contribution is 7.89. The summed E-state index contributed by atoms with van der Waals surface area (Å²) < 4.78 is 31.9. The number of rotatable bonds is 6. The Labute approximate surface area is 176 Å². The Bertz CT molecular complexity index is 951. The van der Waals surface area contributed by atoms with Crippen LogP contribution in [0.4, 0.5) is 0 Å². The van der Waals surface area contributed by atoms with Crippen LogP contribution in [0.2, 0.25) is 5.02 Å². The van der Waals surface area contributed by atoms with Crippen molar-refractivity contribution in [3.63, 3.8) is 0 Å².